The Kier molecular flexibility index (Phi) is 4.45. The smallest absolute Gasteiger partial charge is 0.00747 e. The molecule has 0 saturated heterocycles. The van der Waals surface area contributed by atoms with E-state index in [1.54, 1.807) is 38.5 Å². The third-order valence-electron chi connectivity index (χ3n) is 6.28. The first-order chi connectivity index (χ1) is 9.58. The number of rotatable bonds is 7. The highest BCUT2D eigenvalue weighted by Crippen LogP contribution is 2.61. The van der Waals surface area contributed by atoms with Crippen LogP contribution < -0.4 is 5.32 Å². The van der Waals surface area contributed by atoms with Gasteiger partial charge in [0.15, 0.2) is 0 Å². The molecule has 0 heterocycles. The highest BCUT2D eigenvalue weighted by molar-refractivity contribution is 5.02. The highest BCUT2D eigenvalue weighted by atomic mass is 14.9. The lowest BCUT2D eigenvalue weighted by molar-refractivity contribution is -0.0628. The van der Waals surface area contributed by atoms with Crippen LogP contribution in [0.25, 0.3) is 0 Å². The Balaban J connectivity index is 1.64. The Labute approximate surface area is 126 Å². The van der Waals surface area contributed by atoms with Crippen molar-refractivity contribution in [2.24, 2.45) is 29.1 Å². The van der Waals surface area contributed by atoms with Crippen LogP contribution >= 0.6 is 0 Å². The molecular formula is C19H35N. The lowest BCUT2D eigenvalue weighted by atomic mass is 9.48. The van der Waals surface area contributed by atoms with Gasteiger partial charge in [-0.2, -0.15) is 0 Å². The fourth-order valence-corrected chi connectivity index (χ4v) is 6.22. The molecule has 20 heavy (non-hydrogen) atoms. The molecule has 4 saturated carbocycles. The third kappa shape index (κ3) is 3.24. The second-order valence-electron chi connectivity index (χ2n) is 8.90. The molecule has 1 heteroatoms. The van der Waals surface area contributed by atoms with Crippen molar-refractivity contribution in [2.45, 2.75) is 84.6 Å². The molecule has 4 fully saturated rings. The maximum absolute atomic E-state index is 3.88. The van der Waals surface area contributed by atoms with E-state index in [-0.39, 0.29) is 0 Å². The van der Waals surface area contributed by atoms with E-state index < -0.39 is 0 Å². The summed E-state index contributed by atoms with van der Waals surface area (Å²) < 4.78 is 0. The zero-order chi connectivity index (χ0) is 14.2. The minimum atomic E-state index is 0.745. The van der Waals surface area contributed by atoms with E-state index in [1.807, 2.05) is 0 Å². The van der Waals surface area contributed by atoms with Crippen molar-refractivity contribution in [3.8, 4) is 0 Å². The Morgan fingerprint density at radius 1 is 1.00 bits per heavy atom. The Bertz CT molecular complexity index is 284. The molecule has 0 aromatic carbocycles. The van der Waals surface area contributed by atoms with Gasteiger partial charge >= 0.3 is 0 Å². The summed E-state index contributed by atoms with van der Waals surface area (Å²) >= 11 is 0. The Hall–Kier alpha value is -0.0400. The van der Waals surface area contributed by atoms with Crippen LogP contribution in [0.5, 0.6) is 0 Å². The summed E-state index contributed by atoms with van der Waals surface area (Å²) in [5.74, 6) is 4.14. The average molecular weight is 277 g/mol. The molecule has 1 nitrogen and oxygen atoms in total. The first-order valence-electron chi connectivity index (χ1n) is 9.32. The summed E-state index contributed by atoms with van der Waals surface area (Å²) in [5.41, 5.74) is 0.745. The van der Waals surface area contributed by atoms with Gasteiger partial charge < -0.3 is 5.32 Å². The molecule has 0 aliphatic heterocycles. The van der Waals surface area contributed by atoms with Gasteiger partial charge in [0.05, 0.1) is 0 Å². The van der Waals surface area contributed by atoms with Crippen LogP contribution in [0.15, 0.2) is 0 Å². The van der Waals surface area contributed by atoms with Gasteiger partial charge in [-0.1, -0.05) is 20.8 Å². The Morgan fingerprint density at radius 2 is 1.55 bits per heavy atom. The predicted molar refractivity (Wildman–Crippen MR) is 86.8 cm³/mol. The fraction of sp³-hybridized carbons (Fsp3) is 1.00. The molecule has 1 atom stereocenters. The number of hydrogen-bond donors (Lipinski definition) is 1. The first-order valence-corrected chi connectivity index (χ1v) is 9.32. The van der Waals surface area contributed by atoms with E-state index >= 15 is 0 Å². The zero-order valence-electron chi connectivity index (χ0n) is 14.0. The largest absolute Gasteiger partial charge is 0.314 e. The molecule has 0 radical (unpaired) electrons. The highest BCUT2D eigenvalue weighted by Gasteiger charge is 2.51. The summed E-state index contributed by atoms with van der Waals surface area (Å²) in [6.07, 6.45) is 13.6. The molecular weight excluding hydrogens is 242 g/mol. The normalized spacial score (nSPS) is 40.5. The molecule has 0 spiro atoms. The SMILES string of the molecule is CCCNC(CC(C)C)CC12CC3CC(CC(C3)C1)C2. The molecule has 1 unspecified atom stereocenters. The van der Waals surface area contributed by atoms with Crippen LogP contribution in [0.4, 0.5) is 0 Å². The Morgan fingerprint density at radius 3 is 2.00 bits per heavy atom. The van der Waals surface area contributed by atoms with Crippen LogP contribution in [0.2, 0.25) is 0 Å². The maximum atomic E-state index is 3.88. The predicted octanol–water partition coefficient (Wildman–Crippen LogP) is 5.01. The molecule has 4 aliphatic carbocycles. The van der Waals surface area contributed by atoms with Gasteiger partial charge in [0, 0.05) is 6.04 Å². The van der Waals surface area contributed by atoms with E-state index in [9.17, 15) is 0 Å². The van der Waals surface area contributed by atoms with Crippen LogP contribution in [0.1, 0.15) is 78.6 Å². The van der Waals surface area contributed by atoms with Gasteiger partial charge in [0.2, 0.25) is 0 Å². The van der Waals surface area contributed by atoms with Crippen LogP contribution in [-0.2, 0) is 0 Å². The van der Waals surface area contributed by atoms with Crippen LogP contribution in [0.3, 0.4) is 0 Å². The topological polar surface area (TPSA) is 12.0 Å². The molecule has 0 aromatic rings. The van der Waals surface area contributed by atoms with Gasteiger partial charge in [-0.3, -0.25) is 0 Å². The molecule has 4 aliphatic rings. The van der Waals surface area contributed by atoms with Crippen LogP contribution in [-0.4, -0.2) is 12.6 Å². The van der Waals surface area contributed by atoms with Crippen molar-refractivity contribution in [1.29, 1.82) is 0 Å². The standard InChI is InChI=1S/C19H35N/c1-4-5-20-18(6-14(2)3)13-19-10-15-7-16(11-19)9-17(8-15)12-19/h14-18,20H,4-13H2,1-3H3. The summed E-state index contributed by atoms with van der Waals surface area (Å²) in [6, 6.07) is 0.784. The van der Waals surface area contributed by atoms with Crippen LogP contribution in [0, 0.1) is 29.1 Å². The van der Waals surface area contributed by atoms with E-state index in [1.165, 1.54) is 25.8 Å². The van der Waals surface area contributed by atoms with Crippen molar-refractivity contribution in [1.82, 2.24) is 5.32 Å². The molecule has 1 N–H and O–H groups in total. The minimum absolute atomic E-state index is 0.745. The molecule has 0 aromatic heterocycles. The summed E-state index contributed by atoms with van der Waals surface area (Å²) in [5, 5.41) is 3.88. The fourth-order valence-electron chi connectivity index (χ4n) is 6.22. The maximum Gasteiger partial charge on any atom is 0.00747 e. The average Bonchev–Trinajstić information content (AvgIpc) is 2.33. The van der Waals surface area contributed by atoms with Gasteiger partial charge in [0.25, 0.3) is 0 Å². The molecule has 0 amide bonds. The summed E-state index contributed by atoms with van der Waals surface area (Å²) in [4.78, 5) is 0. The van der Waals surface area contributed by atoms with Crippen molar-refractivity contribution >= 4 is 0 Å². The van der Waals surface area contributed by atoms with E-state index in [0.29, 0.717) is 0 Å². The second kappa shape index (κ2) is 5.99. The second-order valence-corrected chi connectivity index (χ2v) is 8.90. The summed E-state index contributed by atoms with van der Waals surface area (Å²) in [6.45, 7) is 8.29. The quantitative estimate of drug-likeness (QED) is 0.690. The first kappa shape index (κ1) is 14.9. The van der Waals surface area contributed by atoms with Crippen molar-refractivity contribution in [3.63, 3.8) is 0 Å². The lowest BCUT2D eigenvalue weighted by Gasteiger charge is -2.58. The van der Waals surface area contributed by atoms with Crippen molar-refractivity contribution in [3.05, 3.63) is 0 Å². The van der Waals surface area contributed by atoms with Gasteiger partial charge in [-0.15, -0.1) is 0 Å². The van der Waals surface area contributed by atoms with E-state index in [4.69, 9.17) is 0 Å². The minimum Gasteiger partial charge on any atom is -0.314 e. The van der Waals surface area contributed by atoms with Gasteiger partial charge in [0.1, 0.15) is 0 Å². The lowest BCUT2D eigenvalue weighted by Crippen LogP contribution is -2.49. The van der Waals surface area contributed by atoms with Gasteiger partial charge in [-0.05, 0) is 93.4 Å². The van der Waals surface area contributed by atoms with Crippen molar-refractivity contribution in [2.75, 3.05) is 6.54 Å². The van der Waals surface area contributed by atoms with E-state index in [0.717, 1.165) is 35.1 Å². The molecule has 116 valence electrons. The monoisotopic (exact) mass is 277 g/mol. The van der Waals surface area contributed by atoms with E-state index in [2.05, 4.69) is 26.1 Å². The summed E-state index contributed by atoms with van der Waals surface area (Å²) in [7, 11) is 0. The zero-order valence-corrected chi connectivity index (χ0v) is 14.0. The number of nitrogens with one attached hydrogen (secondary N) is 1. The van der Waals surface area contributed by atoms with Crippen molar-refractivity contribution < 1.29 is 0 Å². The molecule has 4 bridgehead atoms. The third-order valence-corrected chi connectivity index (χ3v) is 6.28. The van der Waals surface area contributed by atoms with Gasteiger partial charge in [-0.25, -0.2) is 0 Å². The number of hydrogen-bond acceptors (Lipinski definition) is 1. The molecule has 4 rings (SSSR count).